The Kier molecular flexibility index (Phi) is 7.06. The van der Waals surface area contributed by atoms with E-state index in [1.807, 2.05) is 65.3 Å². The highest BCUT2D eigenvalue weighted by Gasteiger charge is 2.12. The molecule has 0 aliphatic carbocycles. The summed E-state index contributed by atoms with van der Waals surface area (Å²) in [5, 5.41) is 11.1. The second-order valence-corrected chi connectivity index (χ2v) is 12.1. The van der Waals surface area contributed by atoms with Crippen LogP contribution >= 0.6 is 0 Å². The number of fused-ring (bicyclic) bond motifs is 2. The Hall–Kier alpha value is -6.72. The Morgan fingerprint density at radius 3 is 1.49 bits per heavy atom. The van der Waals surface area contributed by atoms with Gasteiger partial charge in [-0.1, -0.05) is 139 Å². The molecule has 0 unspecified atom stereocenters. The number of hydrogen-bond donors (Lipinski definition) is 0. The summed E-state index contributed by atoms with van der Waals surface area (Å²) in [6.45, 7) is 0. The van der Waals surface area contributed by atoms with Crippen molar-refractivity contribution in [1.82, 2.24) is 25.0 Å². The fourth-order valence-corrected chi connectivity index (χ4v) is 6.36. The number of aromatic nitrogens is 5. The van der Waals surface area contributed by atoms with Gasteiger partial charge >= 0.3 is 0 Å². The van der Waals surface area contributed by atoms with E-state index < -0.39 is 0 Å². The van der Waals surface area contributed by atoms with E-state index in [4.69, 9.17) is 9.97 Å². The van der Waals surface area contributed by atoms with Crippen LogP contribution in [0.1, 0.15) is 0 Å². The smallest absolute Gasteiger partial charge is 0.160 e. The van der Waals surface area contributed by atoms with Gasteiger partial charge in [0.2, 0.25) is 0 Å². The lowest BCUT2D eigenvalue weighted by molar-refractivity contribution is 0.824. The zero-order valence-corrected chi connectivity index (χ0v) is 26.5. The first kappa shape index (κ1) is 28.5. The largest absolute Gasteiger partial charge is 0.228 e. The molecule has 49 heavy (non-hydrogen) atoms. The minimum atomic E-state index is 0.706. The Bertz CT molecular complexity index is 2520. The Morgan fingerprint density at radius 1 is 0.367 bits per heavy atom. The third kappa shape index (κ3) is 5.53. The standard InChI is InChI=1S/C44H29N5/c1-3-9-33(10-4-1)41-29-42(34-11-5-2-6-12-34)46-44(45-41)35-19-15-30(16-20-35)36-21-17-32-18-22-37(28-38(32)27-36)31-23-25-39(26-24-31)49-43-14-8-7-13-40(43)47-48-49/h1-29H. The van der Waals surface area contributed by atoms with Gasteiger partial charge in [0, 0.05) is 16.7 Å². The van der Waals surface area contributed by atoms with Crippen LogP contribution in [-0.4, -0.2) is 25.0 Å². The maximum absolute atomic E-state index is 5.00. The molecule has 0 amide bonds. The van der Waals surface area contributed by atoms with Crippen LogP contribution < -0.4 is 0 Å². The van der Waals surface area contributed by atoms with Gasteiger partial charge in [-0.25, -0.2) is 14.6 Å². The normalized spacial score (nSPS) is 11.3. The first-order chi connectivity index (χ1) is 24.2. The molecule has 5 heteroatoms. The molecule has 0 spiro atoms. The lowest BCUT2D eigenvalue weighted by atomic mass is 9.97. The fraction of sp³-hybridized carbons (Fsp3) is 0. The van der Waals surface area contributed by atoms with Crippen molar-refractivity contribution < 1.29 is 0 Å². The van der Waals surface area contributed by atoms with Gasteiger partial charge in [-0.05, 0) is 75.5 Å². The lowest BCUT2D eigenvalue weighted by Crippen LogP contribution is -1.96. The van der Waals surface area contributed by atoms with Crippen LogP contribution in [0.15, 0.2) is 176 Å². The zero-order chi connectivity index (χ0) is 32.6. The molecule has 0 radical (unpaired) electrons. The van der Waals surface area contributed by atoms with Crippen molar-refractivity contribution in [2.24, 2.45) is 0 Å². The van der Waals surface area contributed by atoms with Gasteiger partial charge < -0.3 is 0 Å². The summed E-state index contributed by atoms with van der Waals surface area (Å²) >= 11 is 0. The van der Waals surface area contributed by atoms with Crippen molar-refractivity contribution in [3.05, 3.63) is 176 Å². The lowest BCUT2D eigenvalue weighted by Gasteiger charge is -2.11. The van der Waals surface area contributed by atoms with Gasteiger partial charge in [-0.2, -0.15) is 0 Å². The van der Waals surface area contributed by atoms with E-state index in [1.165, 1.54) is 16.3 Å². The molecule has 2 heterocycles. The molecule has 0 saturated carbocycles. The van der Waals surface area contributed by atoms with Crippen molar-refractivity contribution in [2.45, 2.75) is 0 Å². The number of hydrogen-bond acceptors (Lipinski definition) is 4. The highest BCUT2D eigenvalue weighted by atomic mass is 15.4. The minimum absolute atomic E-state index is 0.706. The average Bonchev–Trinajstić information content (AvgIpc) is 3.62. The summed E-state index contributed by atoms with van der Waals surface area (Å²) in [5.41, 5.74) is 12.4. The molecule has 0 saturated heterocycles. The molecule has 5 nitrogen and oxygen atoms in total. The molecule has 9 rings (SSSR count). The van der Waals surface area contributed by atoms with E-state index in [0.717, 1.165) is 61.5 Å². The van der Waals surface area contributed by atoms with E-state index in [0.29, 0.717) is 5.82 Å². The number of nitrogens with zero attached hydrogens (tertiary/aromatic N) is 5. The predicted molar refractivity (Wildman–Crippen MR) is 199 cm³/mol. The zero-order valence-electron chi connectivity index (χ0n) is 26.5. The summed E-state index contributed by atoms with van der Waals surface area (Å²) in [7, 11) is 0. The summed E-state index contributed by atoms with van der Waals surface area (Å²) in [4.78, 5) is 9.99. The van der Waals surface area contributed by atoms with Gasteiger partial charge in [-0.15, -0.1) is 5.10 Å². The van der Waals surface area contributed by atoms with Crippen LogP contribution in [-0.2, 0) is 0 Å². The van der Waals surface area contributed by atoms with Gasteiger partial charge in [0.25, 0.3) is 0 Å². The third-order valence-corrected chi connectivity index (χ3v) is 8.98. The Labute approximate surface area is 283 Å². The fourth-order valence-electron chi connectivity index (χ4n) is 6.36. The predicted octanol–water partition coefficient (Wildman–Crippen LogP) is 10.7. The highest BCUT2D eigenvalue weighted by Crippen LogP contribution is 2.32. The molecular formula is C44H29N5. The summed E-state index contributed by atoms with van der Waals surface area (Å²) < 4.78 is 1.88. The van der Waals surface area contributed by atoms with Crippen molar-refractivity contribution in [1.29, 1.82) is 0 Å². The van der Waals surface area contributed by atoms with Gasteiger partial charge in [0.05, 0.1) is 22.6 Å². The summed E-state index contributed by atoms with van der Waals surface area (Å²) in [6.07, 6.45) is 0. The van der Waals surface area contributed by atoms with E-state index in [1.54, 1.807) is 0 Å². The van der Waals surface area contributed by atoms with Crippen LogP contribution in [0, 0.1) is 0 Å². The molecule has 7 aromatic carbocycles. The summed E-state index contributed by atoms with van der Waals surface area (Å²) in [6, 6.07) is 61.0. The van der Waals surface area contributed by atoms with Crippen molar-refractivity contribution in [3.8, 4) is 61.8 Å². The van der Waals surface area contributed by atoms with Gasteiger partial charge in [0.15, 0.2) is 5.82 Å². The number of para-hydroxylation sites is 1. The maximum atomic E-state index is 5.00. The SMILES string of the molecule is c1ccc(-c2cc(-c3ccccc3)nc(-c3ccc(-c4ccc5ccc(-c6ccc(-n7nnc8ccccc87)cc6)cc5c4)cc3)n2)cc1. The molecule has 0 atom stereocenters. The molecule has 0 bridgehead atoms. The average molecular weight is 628 g/mol. The monoisotopic (exact) mass is 627 g/mol. The summed E-state index contributed by atoms with van der Waals surface area (Å²) in [5.74, 6) is 0.706. The first-order valence-electron chi connectivity index (χ1n) is 16.3. The molecule has 0 fully saturated rings. The first-order valence-corrected chi connectivity index (χ1v) is 16.3. The van der Waals surface area contributed by atoms with E-state index >= 15 is 0 Å². The second kappa shape index (κ2) is 12.1. The van der Waals surface area contributed by atoms with Gasteiger partial charge in [-0.3, -0.25) is 0 Å². The topological polar surface area (TPSA) is 56.5 Å². The van der Waals surface area contributed by atoms with Crippen molar-refractivity contribution in [3.63, 3.8) is 0 Å². The Morgan fingerprint density at radius 2 is 0.878 bits per heavy atom. The molecular weight excluding hydrogens is 599 g/mol. The minimum Gasteiger partial charge on any atom is -0.228 e. The second-order valence-electron chi connectivity index (χ2n) is 12.1. The third-order valence-electron chi connectivity index (χ3n) is 8.98. The quantitative estimate of drug-likeness (QED) is 0.184. The molecule has 2 aromatic heterocycles. The molecule has 9 aromatic rings. The molecule has 0 N–H and O–H groups in total. The molecule has 230 valence electrons. The van der Waals surface area contributed by atoms with E-state index in [-0.39, 0.29) is 0 Å². The van der Waals surface area contributed by atoms with Crippen molar-refractivity contribution >= 4 is 21.8 Å². The number of benzene rings is 7. The van der Waals surface area contributed by atoms with Crippen LogP contribution in [0.2, 0.25) is 0 Å². The van der Waals surface area contributed by atoms with Crippen LogP contribution in [0.3, 0.4) is 0 Å². The molecule has 0 aliphatic heterocycles. The van der Waals surface area contributed by atoms with Crippen LogP contribution in [0.5, 0.6) is 0 Å². The Balaban J connectivity index is 1.02. The van der Waals surface area contributed by atoms with E-state index in [2.05, 4.69) is 126 Å². The molecule has 0 aliphatic rings. The maximum Gasteiger partial charge on any atom is 0.160 e. The van der Waals surface area contributed by atoms with Crippen molar-refractivity contribution in [2.75, 3.05) is 0 Å². The van der Waals surface area contributed by atoms with Gasteiger partial charge in [0.1, 0.15) is 5.52 Å². The van der Waals surface area contributed by atoms with Crippen LogP contribution in [0.4, 0.5) is 0 Å². The van der Waals surface area contributed by atoms with Crippen LogP contribution in [0.25, 0.3) is 83.6 Å². The van der Waals surface area contributed by atoms with E-state index in [9.17, 15) is 0 Å². The highest BCUT2D eigenvalue weighted by molar-refractivity contribution is 5.91. The number of rotatable bonds is 6.